The molecule has 3 N–H and O–H groups in total. The van der Waals surface area contributed by atoms with E-state index < -0.39 is 0 Å². The van der Waals surface area contributed by atoms with E-state index in [9.17, 15) is 0 Å². The van der Waals surface area contributed by atoms with Gasteiger partial charge in [0.2, 0.25) is 0 Å². The van der Waals surface area contributed by atoms with Crippen molar-refractivity contribution >= 4 is 5.82 Å². The molecule has 0 spiro atoms. The molecule has 0 amide bonds. The minimum atomic E-state index is 0.519. The van der Waals surface area contributed by atoms with Gasteiger partial charge in [0, 0.05) is 6.61 Å². The predicted octanol–water partition coefficient (Wildman–Crippen LogP) is 0.919. The van der Waals surface area contributed by atoms with Gasteiger partial charge in [0.1, 0.15) is 18.2 Å². The van der Waals surface area contributed by atoms with Crippen molar-refractivity contribution in [1.29, 1.82) is 0 Å². The number of rotatable bonds is 4. The number of nitrogens with two attached hydrogens (primary N) is 1. The van der Waals surface area contributed by atoms with Crippen molar-refractivity contribution in [3.05, 3.63) is 12.0 Å². The summed E-state index contributed by atoms with van der Waals surface area (Å²) in [5.41, 5.74) is 5.41. The lowest BCUT2D eigenvalue weighted by Crippen LogP contribution is -1.96. The summed E-state index contributed by atoms with van der Waals surface area (Å²) in [6, 6.07) is 0. The summed E-state index contributed by atoms with van der Waals surface area (Å²) >= 11 is 0. The Morgan fingerprint density at radius 2 is 2.55 bits per heavy atom. The number of hydrogen-bond donors (Lipinski definition) is 2. The Bertz CT molecular complexity index is 209. The molecule has 0 radical (unpaired) electrons. The van der Waals surface area contributed by atoms with Crippen LogP contribution in [0, 0.1) is 0 Å². The first-order valence-corrected chi connectivity index (χ1v) is 3.70. The maximum absolute atomic E-state index is 5.41. The van der Waals surface area contributed by atoms with Crippen LogP contribution in [-0.4, -0.2) is 16.6 Å². The number of aromatic nitrogens is 2. The SMILES string of the molecule is CCCOCc1ncc(N)[nH]1. The molecule has 0 bridgehead atoms. The number of hydrogen-bond acceptors (Lipinski definition) is 3. The normalized spacial score (nSPS) is 10.3. The first kappa shape index (κ1) is 8.07. The fourth-order valence-electron chi connectivity index (χ4n) is 0.765. The minimum Gasteiger partial charge on any atom is -0.384 e. The second-order valence-corrected chi connectivity index (χ2v) is 2.34. The molecule has 0 unspecified atom stereocenters. The monoisotopic (exact) mass is 155 g/mol. The van der Waals surface area contributed by atoms with E-state index in [0.29, 0.717) is 12.4 Å². The predicted molar refractivity (Wildman–Crippen MR) is 42.9 cm³/mol. The summed E-state index contributed by atoms with van der Waals surface area (Å²) in [5.74, 6) is 1.37. The van der Waals surface area contributed by atoms with Crippen molar-refractivity contribution in [2.75, 3.05) is 12.3 Å². The lowest BCUT2D eigenvalue weighted by atomic mass is 10.5. The summed E-state index contributed by atoms with van der Waals surface area (Å²) < 4.78 is 5.23. The van der Waals surface area contributed by atoms with Gasteiger partial charge in [0.15, 0.2) is 0 Å². The van der Waals surface area contributed by atoms with E-state index in [0.717, 1.165) is 18.9 Å². The minimum absolute atomic E-state index is 0.519. The van der Waals surface area contributed by atoms with Crippen LogP contribution in [0.5, 0.6) is 0 Å². The Hall–Kier alpha value is -1.03. The average Bonchev–Trinajstić information content (AvgIpc) is 2.37. The van der Waals surface area contributed by atoms with Gasteiger partial charge in [0.25, 0.3) is 0 Å². The molecule has 0 aliphatic rings. The van der Waals surface area contributed by atoms with Crippen LogP contribution in [0.25, 0.3) is 0 Å². The zero-order chi connectivity index (χ0) is 8.10. The van der Waals surface area contributed by atoms with Crippen LogP contribution in [0.3, 0.4) is 0 Å². The van der Waals surface area contributed by atoms with E-state index in [1.165, 1.54) is 0 Å². The molecule has 0 fully saturated rings. The van der Waals surface area contributed by atoms with Gasteiger partial charge >= 0.3 is 0 Å². The summed E-state index contributed by atoms with van der Waals surface area (Å²) in [6.45, 7) is 3.35. The molecule has 11 heavy (non-hydrogen) atoms. The second kappa shape index (κ2) is 3.98. The molecule has 1 heterocycles. The lowest BCUT2D eigenvalue weighted by molar-refractivity contribution is 0.116. The number of nitrogen functional groups attached to an aromatic ring is 1. The smallest absolute Gasteiger partial charge is 0.133 e. The van der Waals surface area contributed by atoms with Crippen molar-refractivity contribution in [3.8, 4) is 0 Å². The van der Waals surface area contributed by atoms with Gasteiger partial charge in [-0.25, -0.2) is 4.98 Å². The largest absolute Gasteiger partial charge is 0.384 e. The van der Waals surface area contributed by atoms with Gasteiger partial charge in [-0.3, -0.25) is 0 Å². The fraction of sp³-hybridized carbons (Fsp3) is 0.571. The Kier molecular flexibility index (Phi) is 2.92. The molecule has 1 rings (SSSR count). The van der Waals surface area contributed by atoms with Gasteiger partial charge in [-0.05, 0) is 6.42 Å². The molecule has 0 atom stereocenters. The molecular weight excluding hydrogens is 142 g/mol. The highest BCUT2D eigenvalue weighted by Gasteiger charge is 1.95. The molecule has 4 nitrogen and oxygen atoms in total. The Morgan fingerprint density at radius 1 is 1.73 bits per heavy atom. The van der Waals surface area contributed by atoms with Crippen LogP contribution in [0.4, 0.5) is 5.82 Å². The molecule has 1 aromatic heterocycles. The van der Waals surface area contributed by atoms with E-state index in [2.05, 4.69) is 16.9 Å². The van der Waals surface area contributed by atoms with Crippen molar-refractivity contribution < 1.29 is 4.74 Å². The van der Waals surface area contributed by atoms with Crippen molar-refractivity contribution in [1.82, 2.24) is 9.97 Å². The third-order valence-corrected chi connectivity index (χ3v) is 1.24. The molecule has 0 aliphatic heterocycles. The molecule has 62 valence electrons. The van der Waals surface area contributed by atoms with Crippen LogP contribution in [0.1, 0.15) is 19.2 Å². The van der Waals surface area contributed by atoms with E-state index in [1.807, 2.05) is 0 Å². The van der Waals surface area contributed by atoms with E-state index in [-0.39, 0.29) is 0 Å². The maximum Gasteiger partial charge on any atom is 0.133 e. The zero-order valence-corrected chi connectivity index (χ0v) is 6.63. The summed E-state index contributed by atoms with van der Waals surface area (Å²) in [4.78, 5) is 6.86. The third-order valence-electron chi connectivity index (χ3n) is 1.24. The van der Waals surface area contributed by atoms with E-state index >= 15 is 0 Å². The van der Waals surface area contributed by atoms with Gasteiger partial charge in [0.05, 0.1) is 6.20 Å². The number of nitrogens with one attached hydrogen (secondary N) is 1. The number of imidazole rings is 1. The number of anilines is 1. The van der Waals surface area contributed by atoms with Crippen LogP contribution in [0.15, 0.2) is 6.20 Å². The summed E-state index contributed by atoms with van der Waals surface area (Å²) in [5, 5.41) is 0. The zero-order valence-electron chi connectivity index (χ0n) is 6.63. The number of aromatic amines is 1. The van der Waals surface area contributed by atoms with Crippen LogP contribution >= 0.6 is 0 Å². The number of ether oxygens (including phenoxy) is 1. The van der Waals surface area contributed by atoms with Gasteiger partial charge in [-0.2, -0.15) is 0 Å². The molecule has 0 aromatic carbocycles. The molecule has 4 heteroatoms. The highest BCUT2D eigenvalue weighted by atomic mass is 16.5. The third kappa shape index (κ3) is 2.59. The van der Waals surface area contributed by atoms with Crippen molar-refractivity contribution in [3.63, 3.8) is 0 Å². The van der Waals surface area contributed by atoms with Crippen molar-refractivity contribution in [2.24, 2.45) is 0 Å². The quantitative estimate of drug-likeness (QED) is 0.635. The first-order chi connectivity index (χ1) is 5.33. The molecule has 1 aromatic rings. The Morgan fingerprint density at radius 3 is 3.09 bits per heavy atom. The fourth-order valence-corrected chi connectivity index (χ4v) is 0.765. The van der Waals surface area contributed by atoms with Crippen molar-refractivity contribution in [2.45, 2.75) is 20.0 Å². The van der Waals surface area contributed by atoms with E-state index in [1.54, 1.807) is 6.20 Å². The van der Waals surface area contributed by atoms with Crippen LogP contribution in [0.2, 0.25) is 0 Å². The molecule has 0 saturated heterocycles. The second-order valence-electron chi connectivity index (χ2n) is 2.34. The Balaban J connectivity index is 2.27. The molecule has 0 saturated carbocycles. The molecular formula is C7H13N3O. The van der Waals surface area contributed by atoms with Crippen LogP contribution in [-0.2, 0) is 11.3 Å². The van der Waals surface area contributed by atoms with Crippen LogP contribution < -0.4 is 5.73 Å². The van der Waals surface area contributed by atoms with Gasteiger partial charge in [-0.1, -0.05) is 6.92 Å². The standard InChI is InChI=1S/C7H13N3O/c1-2-3-11-5-7-9-4-6(8)10-7/h4H,2-3,5,8H2,1H3,(H,9,10). The Labute approximate surface area is 65.8 Å². The maximum atomic E-state index is 5.41. The summed E-state index contributed by atoms with van der Waals surface area (Å²) in [6.07, 6.45) is 2.61. The van der Waals surface area contributed by atoms with Gasteiger partial charge < -0.3 is 15.5 Å². The number of nitrogens with zero attached hydrogens (tertiary/aromatic N) is 1. The molecule has 0 aliphatic carbocycles. The number of H-pyrrole nitrogens is 1. The average molecular weight is 155 g/mol. The van der Waals surface area contributed by atoms with E-state index in [4.69, 9.17) is 10.5 Å². The van der Waals surface area contributed by atoms with Gasteiger partial charge in [-0.15, -0.1) is 0 Å². The highest BCUT2D eigenvalue weighted by molar-refractivity contribution is 5.23. The summed E-state index contributed by atoms with van der Waals surface area (Å²) in [7, 11) is 0. The first-order valence-electron chi connectivity index (χ1n) is 3.70. The lowest BCUT2D eigenvalue weighted by Gasteiger charge is -1.97. The highest BCUT2D eigenvalue weighted by Crippen LogP contribution is 1.98. The topological polar surface area (TPSA) is 63.9 Å².